The normalized spacial score (nSPS) is 18.6. The Bertz CT molecular complexity index is 995. The summed E-state index contributed by atoms with van der Waals surface area (Å²) in [7, 11) is 0. The molecule has 0 radical (unpaired) electrons. The minimum atomic E-state index is -0.568. The lowest BCUT2D eigenvalue weighted by Crippen LogP contribution is -2.41. The van der Waals surface area contributed by atoms with Crippen LogP contribution in [0.3, 0.4) is 0 Å². The number of nitrogens with one attached hydrogen (secondary N) is 1. The van der Waals surface area contributed by atoms with Gasteiger partial charge in [0, 0.05) is 19.5 Å². The molecule has 1 N–H and O–H groups in total. The number of fused-ring (bicyclic) bond motifs is 1. The average Bonchev–Trinajstić information content (AvgIpc) is 3.61. The summed E-state index contributed by atoms with van der Waals surface area (Å²) in [6.45, 7) is 9.46. The summed E-state index contributed by atoms with van der Waals surface area (Å²) in [6, 6.07) is 14.3. The second-order valence-corrected chi connectivity index (χ2v) is 10.1. The van der Waals surface area contributed by atoms with Gasteiger partial charge in [-0.05, 0) is 73.8 Å². The first-order chi connectivity index (χ1) is 15.8. The number of hydrogen-bond donors (Lipinski definition) is 1. The van der Waals surface area contributed by atoms with Crippen LogP contribution in [0.5, 0.6) is 5.75 Å². The predicted octanol–water partition coefficient (Wildman–Crippen LogP) is 4.81. The van der Waals surface area contributed by atoms with Crippen molar-refractivity contribution >= 4 is 11.8 Å². The van der Waals surface area contributed by atoms with Crippen LogP contribution in [0.4, 0.5) is 0 Å². The zero-order valence-electron chi connectivity index (χ0n) is 20.3. The highest BCUT2D eigenvalue weighted by atomic mass is 16.5. The molecule has 2 amide bonds. The number of amides is 2. The molecule has 1 fully saturated rings. The van der Waals surface area contributed by atoms with E-state index in [1.807, 2.05) is 17.0 Å². The maximum Gasteiger partial charge on any atom is 0.260 e. The van der Waals surface area contributed by atoms with E-state index in [0.717, 1.165) is 24.1 Å². The first kappa shape index (κ1) is 23.3. The molecule has 0 aromatic heterocycles. The van der Waals surface area contributed by atoms with Gasteiger partial charge >= 0.3 is 0 Å². The molecule has 33 heavy (non-hydrogen) atoms. The number of rotatable bonds is 8. The van der Waals surface area contributed by atoms with E-state index in [1.165, 1.54) is 24.0 Å². The molecule has 1 aliphatic heterocycles. The van der Waals surface area contributed by atoms with Crippen LogP contribution >= 0.6 is 0 Å². The molecular weight excluding hydrogens is 412 g/mol. The Morgan fingerprint density at radius 3 is 2.48 bits per heavy atom. The largest absolute Gasteiger partial charge is 0.481 e. The van der Waals surface area contributed by atoms with Crippen molar-refractivity contribution in [1.82, 2.24) is 10.2 Å². The third kappa shape index (κ3) is 5.76. The van der Waals surface area contributed by atoms with Crippen LogP contribution in [-0.2, 0) is 16.0 Å². The first-order valence-corrected chi connectivity index (χ1v) is 12.2. The second-order valence-electron chi connectivity index (χ2n) is 10.1. The lowest BCUT2D eigenvalue weighted by Gasteiger charge is -2.38. The number of hydrogen-bond acceptors (Lipinski definition) is 3. The lowest BCUT2D eigenvalue weighted by atomic mass is 9.87. The third-order valence-electron chi connectivity index (χ3n) is 6.59. The van der Waals surface area contributed by atoms with E-state index in [9.17, 15) is 9.59 Å². The zero-order chi connectivity index (χ0) is 23.5. The molecule has 1 heterocycles. The number of carbonyl (C=O) groups is 2. The molecule has 2 unspecified atom stereocenters. The number of ether oxygens (including phenoxy) is 1. The second kappa shape index (κ2) is 9.98. The average molecular weight is 449 g/mol. The van der Waals surface area contributed by atoms with Crippen molar-refractivity contribution in [2.75, 3.05) is 13.1 Å². The van der Waals surface area contributed by atoms with Gasteiger partial charge in [0.25, 0.3) is 5.91 Å². The SMILES string of the molecule is Cc1ccc(C2c3cc(OC(C)C(=O)NCC4CC4)ccc3CCN2C(=O)CC(C)C)cc1. The quantitative estimate of drug-likeness (QED) is 0.631. The number of carbonyl (C=O) groups excluding carboxylic acids is 2. The van der Waals surface area contributed by atoms with Gasteiger partial charge in [0.2, 0.25) is 5.91 Å². The Morgan fingerprint density at radius 1 is 1.09 bits per heavy atom. The van der Waals surface area contributed by atoms with E-state index in [1.54, 1.807) is 6.92 Å². The van der Waals surface area contributed by atoms with Gasteiger partial charge in [-0.25, -0.2) is 0 Å². The zero-order valence-corrected chi connectivity index (χ0v) is 20.3. The van der Waals surface area contributed by atoms with Crippen LogP contribution in [0, 0.1) is 18.8 Å². The van der Waals surface area contributed by atoms with Crippen molar-refractivity contribution in [3.63, 3.8) is 0 Å². The van der Waals surface area contributed by atoms with Gasteiger partial charge in [-0.3, -0.25) is 9.59 Å². The van der Waals surface area contributed by atoms with Gasteiger partial charge in [-0.2, -0.15) is 0 Å². The molecule has 2 aliphatic rings. The summed E-state index contributed by atoms with van der Waals surface area (Å²) in [4.78, 5) is 27.7. The molecule has 1 aliphatic carbocycles. The smallest absolute Gasteiger partial charge is 0.260 e. The molecule has 2 aromatic carbocycles. The maximum atomic E-state index is 13.2. The molecule has 2 atom stereocenters. The first-order valence-electron chi connectivity index (χ1n) is 12.2. The maximum absolute atomic E-state index is 13.2. The topological polar surface area (TPSA) is 58.6 Å². The van der Waals surface area contributed by atoms with E-state index in [4.69, 9.17) is 4.74 Å². The summed E-state index contributed by atoms with van der Waals surface area (Å²) in [5.41, 5.74) is 4.61. The number of benzene rings is 2. The van der Waals surface area contributed by atoms with Gasteiger partial charge in [0.1, 0.15) is 5.75 Å². The third-order valence-corrected chi connectivity index (χ3v) is 6.59. The van der Waals surface area contributed by atoms with Gasteiger partial charge in [-0.1, -0.05) is 49.7 Å². The van der Waals surface area contributed by atoms with E-state index < -0.39 is 6.10 Å². The lowest BCUT2D eigenvalue weighted by molar-refractivity contribution is -0.134. The van der Waals surface area contributed by atoms with E-state index in [2.05, 4.69) is 56.4 Å². The molecule has 0 saturated heterocycles. The summed E-state index contributed by atoms with van der Waals surface area (Å²) >= 11 is 0. The fourth-order valence-corrected chi connectivity index (χ4v) is 4.48. The fraction of sp³-hybridized carbons (Fsp3) is 0.500. The van der Waals surface area contributed by atoms with Crippen LogP contribution in [-0.4, -0.2) is 35.9 Å². The van der Waals surface area contributed by atoms with Crippen molar-refractivity contribution in [2.45, 2.75) is 65.5 Å². The van der Waals surface area contributed by atoms with E-state index in [0.29, 0.717) is 30.6 Å². The Labute approximate surface area is 197 Å². The van der Waals surface area contributed by atoms with Crippen LogP contribution in [0.2, 0.25) is 0 Å². The Morgan fingerprint density at radius 2 is 1.82 bits per heavy atom. The van der Waals surface area contributed by atoms with Crippen molar-refractivity contribution in [1.29, 1.82) is 0 Å². The van der Waals surface area contributed by atoms with Crippen molar-refractivity contribution in [2.24, 2.45) is 11.8 Å². The summed E-state index contributed by atoms with van der Waals surface area (Å²) in [5.74, 6) is 1.71. The van der Waals surface area contributed by atoms with E-state index >= 15 is 0 Å². The Kier molecular flexibility index (Phi) is 7.06. The van der Waals surface area contributed by atoms with Gasteiger partial charge in [-0.15, -0.1) is 0 Å². The highest BCUT2D eigenvalue weighted by Gasteiger charge is 2.33. The summed E-state index contributed by atoms with van der Waals surface area (Å²) < 4.78 is 6.04. The number of aryl methyl sites for hydroxylation is 1. The molecule has 0 spiro atoms. The monoisotopic (exact) mass is 448 g/mol. The minimum Gasteiger partial charge on any atom is -0.481 e. The molecule has 0 bridgehead atoms. The van der Waals surface area contributed by atoms with Gasteiger partial charge in [0.15, 0.2) is 6.10 Å². The van der Waals surface area contributed by atoms with Crippen molar-refractivity contribution in [3.8, 4) is 5.75 Å². The van der Waals surface area contributed by atoms with E-state index in [-0.39, 0.29) is 17.9 Å². The molecule has 2 aromatic rings. The fourth-order valence-electron chi connectivity index (χ4n) is 4.48. The Balaban J connectivity index is 1.60. The predicted molar refractivity (Wildman–Crippen MR) is 130 cm³/mol. The van der Waals surface area contributed by atoms with Crippen LogP contribution in [0.15, 0.2) is 42.5 Å². The molecule has 4 rings (SSSR count). The highest BCUT2D eigenvalue weighted by Crippen LogP contribution is 2.38. The van der Waals surface area contributed by atoms with Crippen molar-refractivity contribution in [3.05, 3.63) is 64.7 Å². The van der Waals surface area contributed by atoms with Crippen LogP contribution < -0.4 is 10.1 Å². The van der Waals surface area contributed by atoms with Crippen LogP contribution in [0.1, 0.15) is 68.3 Å². The molecule has 5 heteroatoms. The molecule has 5 nitrogen and oxygen atoms in total. The number of nitrogens with zero attached hydrogens (tertiary/aromatic N) is 1. The van der Waals surface area contributed by atoms with Gasteiger partial charge < -0.3 is 15.0 Å². The summed E-state index contributed by atoms with van der Waals surface area (Å²) in [6.07, 6.45) is 3.19. The molecule has 176 valence electrons. The highest BCUT2D eigenvalue weighted by molar-refractivity contribution is 5.80. The van der Waals surface area contributed by atoms with Crippen molar-refractivity contribution < 1.29 is 14.3 Å². The minimum absolute atomic E-state index is 0.0801. The van der Waals surface area contributed by atoms with Crippen LogP contribution in [0.25, 0.3) is 0 Å². The molecular formula is C28H36N2O3. The Hall–Kier alpha value is -2.82. The van der Waals surface area contributed by atoms with Gasteiger partial charge in [0.05, 0.1) is 6.04 Å². The summed E-state index contributed by atoms with van der Waals surface area (Å²) in [5, 5.41) is 2.99. The molecule has 1 saturated carbocycles. The standard InChI is InChI=1S/C28H36N2O3/c1-18(2)15-26(31)30-14-13-22-11-12-24(33-20(4)28(32)29-17-21-7-8-21)16-25(22)27(30)23-9-5-19(3)6-10-23/h5-6,9-12,16,18,20-21,27H,7-8,13-15,17H2,1-4H3,(H,29,32).